The minimum Gasteiger partial charge on any atom is -0.342 e. The van der Waals surface area contributed by atoms with E-state index < -0.39 is 5.91 Å². The first-order valence-electron chi connectivity index (χ1n) is 10.3. The zero-order valence-electron chi connectivity index (χ0n) is 17.9. The molecule has 0 atom stereocenters. The van der Waals surface area contributed by atoms with Crippen LogP contribution in [0.4, 0.5) is 5.69 Å². The summed E-state index contributed by atoms with van der Waals surface area (Å²) in [5.41, 5.74) is 5.75. The van der Waals surface area contributed by atoms with Gasteiger partial charge in [0.1, 0.15) is 11.6 Å². The second-order valence-electron chi connectivity index (χ2n) is 7.80. The number of para-hydroxylation sites is 1. The number of carbonyl (C=O) groups is 1. The van der Waals surface area contributed by atoms with Gasteiger partial charge < -0.3 is 9.88 Å². The van der Waals surface area contributed by atoms with Crippen LogP contribution >= 0.6 is 11.6 Å². The lowest BCUT2D eigenvalue weighted by atomic mass is 10.1. The first-order chi connectivity index (χ1) is 15.4. The molecule has 1 heterocycles. The Hall–Kier alpha value is -3.81. The molecule has 158 valence electrons. The van der Waals surface area contributed by atoms with E-state index in [4.69, 9.17) is 11.6 Å². The van der Waals surface area contributed by atoms with E-state index in [0.29, 0.717) is 17.3 Å². The van der Waals surface area contributed by atoms with Gasteiger partial charge in [-0.25, -0.2) is 0 Å². The van der Waals surface area contributed by atoms with Crippen LogP contribution in [0.3, 0.4) is 0 Å². The van der Waals surface area contributed by atoms with Crippen LogP contribution in [-0.4, -0.2) is 10.5 Å². The number of amides is 1. The molecule has 4 rings (SSSR count). The van der Waals surface area contributed by atoms with Crippen molar-refractivity contribution in [2.45, 2.75) is 20.4 Å². The number of aromatic nitrogens is 1. The molecule has 0 radical (unpaired) electrons. The first kappa shape index (κ1) is 21.4. The van der Waals surface area contributed by atoms with Gasteiger partial charge in [0.25, 0.3) is 5.91 Å². The molecule has 1 N–H and O–H groups in total. The highest BCUT2D eigenvalue weighted by Crippen LogP contribution is 2.26. The highest BCUT2D eigenvalue weighted by atomic mass is 35.5. The molecule has 1 amide bonds. The van der Waals surface area contributed by atoms with Crippen molar-refractivity contribution in [3.8, 4) is 6.07 Å². The standard InChI is InChI=1S/C27H22ClN3O/c1-18-7-10-20(11-8-18)16-31-17-22(24-5-3-4-6-26(24)31)13-21(15-29)27(32)30-25-14-23(28)12-9-19(25)2/h3-14,17H,16H2,1-2H3,(H,30,32)/b21-13+. The Morgan fingerprint density at radius 3 is 2.59 bits per heavy atom. The molecular weight excluding hydrogens is 418 g/mol. The van der Waals surface area contributed by atoms with Crippen molar-refractivity contribution < 1.29 is 4.79 Å². The third-order valence-corrected chi connectivity index (χ3v) is 5.64. The molecule has 32 heavy (non-hydrogen) atoms. The fraction of sp³-hybridized carbons (Fsp3) is 0.111. The maximum absolute atomic E-state index is 12.8. The Balaban J connectivity index is 1.68. The van der Waals surface area contributed by atoms with E-state index in [0.717, 1.165) is 22.0 Å². The minimum absolute atomic E-state index is 0.0302. The Kier molecular flexibility index (Phi) is 6.11. The Labute approximate surface area is 192 Å². The van der Waals surface area contributed by atoms with E-state index in [1.807, 2.05) is 49.5 Å². The summed E-state index contributed by atoms with van der Waals surface area (Å²) in [5.74, 6) is -0.465. The van der Waals surface area contributed by atoms with E-state index in [9.17, 15) is 10.1 Å². The molecule has 0 fully saturated rings. The van der Waals surface area contributed by atoms with Crippen LogP contribution in [0.15, 0.2) is 78.5 Å². The van der Waals surface area contributed by atoms with E-state index in [-0.39, 0.29) is 5.57 Å². The molecule has 0 saturated heterocycles. The van der Waals surface area contributed by atoms with Crippen LogP contribution < -0.4 is 5.32 Å². The van der Waals surface area contributed by atoms with Gasteiger partial charge in [-0.05, 0) is 49.2 Å². The molecule has 0 bridgehead atoms. The number of nitriles is 1. The van der Waals surface area contributed by atoms with Gasteiger partial charge in [-0.15, -0.1) is 0 Å². The van der Waals surface area contributed by atoms with Crippen molar-refractivity contribution in [3.05, 3.63) is 106 Å². The van der Waals surface area contributed by atoms with Crippen molar-refractivity contribution in [1.82, 2.24) is 4.57 Å². The summed E-state index contributed by atoms with van der Waals surface area (Å²) in [7, 11) is 0. The molecule has 0 saturated carbocycles. The van der Waals surface area contributed by atoms with Crippen LogP contribution in [0.25, 0.3) is 17.0 Å². The summed E-state index contributed by atoms with van der Waals surface area (Å²) >= 11 is 6.05. The number of nitrogens with one attached hydrogen (secondary N) is 1. The van der Waals surface area contributed by atoms with Crippen molar-refractivity contribution in [1.29, 1.82) is 5.26 Å². The third kappa shape index (κ3) is 4.59. The van der Waals surface area contributed by atoms with Gasteiger partial charge >= 0.3 is 0 Å². The van der Waals surface area contributed by atoms with Gasteiger partial charge in [0.15, 0.2) is 0 Å². The molecule has 4 nitrogen and oxygen atoms in total. The maximum Gasteiger partial charge on any atom is 0.266 e. The zero-order valence-corrected chi connectivity index (χ0v) is 18.6. The Morgan fingerprint density at radius 1 is 1.09 bits per heavy atom. The number of fused-ring (bicyclic) bond motifs is 1. The number of aryl methyl sites for hydroxylation is 2. The van der Waals surface area contributed by atoms with Crippen molar-refractivity contribution >= 4 is 40.2 Å². The van der Waals surface area contributed by atoms with Gasteiger partial charge in [0.2, 0.25) is 0 Å². The van der Waals surface area contributed by atoms with Gasteiger partial charge in [-0.2, -0.15) is 5.26 Å². The van der Waals surface area contributed by atoms with Gasteiger partial charge in [0, 0.05) is 39.9 Å². The quantitative estimate of drug-likeness (QED) is 0.285. The number of carbonyl (C=O) groups excluding carboxylic acids is 1. The molecule has 0 unspecified atom stereocenters. The lowest BCUT2D eigenvalue weighted by molar-refractivity contribution is -0.112. The number of hydrogen-bond donors (Lipinski definition) is 1. The molecule has 5 heteroatoms. The summed E-state index contributed by atoms with van der Waals surface area (Å²) in [6, 6.07) is 23.7. The number of nitrogens with zero attached hydrogens (tertiary/aromatic N) is 2. The van der Waals surface area contributed by atoms with Crippen LogP contribution in [0.1, 0.15) is 22.3 Å². The van der Waals surface area contributed by atoms with Crippen LogP contribution in [0.5, 0.6) is 0 Å². The third-order valence-electron chi connectivity index (χ3n) is 5.41. The predicted octanol–water partition coefficient (Wildman–Crippen LogP) is 6.51. The van der Waals surface area contributed by atoms with Crippen molar-refractivity contribution in [3.63, 3.8) is 0 Å². The second kappa shape index (κ2) is 9.13. The smallest absolute Gasteiger partial charge is 0.266 e. The van der Waals surface area contributed by atoms with Crippen LogP contribution in [-0.2, 0) is 11.3 Å². The van der Waals surface area contributed by atoms with Crippen molar-refractivity contribution in [2.24, 2.45) is 0 Å². The molecule has 0 aliphatic heterocycles. The number of anilines is 1. The van der Waals surface area contributed by atoms with Crippen LogP contribution in [0, 0.1) is 25.2 Å². The summed E-state index contributed by atoms with van der Waals surface area (Å²) in [6.45, 7) is 4.64. The average molecular weight is 440 g/mol. The van der Waals surface area contributed by atoms with Crippen LogP contribution in [0.2, 0.25) is 5.02 Å². The fourth-order valence-corrected chi connectivity index (χ4v) is 3.81. The first-order valence-corrected chi connectivity index (χ1v) is 10.6. The molecule has 0 aliphatic carbocycles. The highest BCUT2D eigenvalue weighted by molar-refractivity contribution is 6.31. The normalized spacial score (nSPS) is 11.4. The molecule has 1 aromatic heterocycles. The number of halogens is 1. The lowest BCUT2D eigenvalue weighted by Crippen LogP contribution is -2.14. The molecule has 3 aromatic carbocycles. The fourth-order valence-electron chi connectivity index (χ4n) is 3.63. The topological polar surface area (TPSA) is 57.8 Å². The number of rotatable bonds is 5. The maximum atomic E-state index is 12.8. The predicted molar refractivity (Wildman–Crippen MR) is 131 cm³/mol. The highest BCUT2D eigenvalue weighted by Gasteiger charge is 2.14. The summed E-state index contributed by atoms with van der Waals surface area (Å²) in [6.07, 6.45) is 3.63. The van der Waals surface area contributed by atoms with Crippen molar-refractivity contribution in [2.75, 3.05) is 5.32 Å². The molecule has 0 aliphatic rings. The summed E-state index contributed by atoms with van der Waals surface area (Å²) in [4.78, 5) is 12.8. The monoisotopic (exact) mass is 439 g/mol. The largest absolute Gasteiger partial charge is 0.342 e. The lowest BCUT2D eigenvalue weighted by Gasteiger charge is -2.08. The molecular formula is C27H22ClN3O. The molecule has 0 spiro atoms. The van der Waals surface area contributed by atoms with E-state index in [1.165, 1.54) is 11.1 Å². The van der Waals surface area contributed by atoms with Gasteiger partial charge in [0.05, 0.1) is 0 Å². The number of benzene rings is 3. The van der Waals surface area contributed by atoms with E-state index >= 15 is 0 Å². The SMILES string of the molecule is Cc1ccc(Cn2cc(/C=C(\C#N)C(=O)Nc3cc(Cl)ccc3C)c3ccccc32)cc1. The number of hydrogen-bond acceptors (Lipinski definition) is 2. The Morgan fingerprint density at radius 2 is 1.84 bits per heavy atom. The molecule has 4 aromatic rings. The average Bonchev–Trinajstić information content (AvgIpc) is 3.13. The summed E-state index contributed by atoms with van der Waals surface area (Å²) in [5, 5.41) is 14.0. The second-order valence-corrected chi connectivity index (χ2v) is 8.23. The van der Waals surface area contributed by atoms with Gasteiger partial charge in [-0.1, -0.05) is 65.7 Å². The van der Waals surface area contributed by atoms with Gasteiger partial charge in [-0.3, -0.25) is 4.79 Å². The Bertz CT molecular complexity index is 1370. The minimum atomic E-state index is -0.465. The van der Waals surface area contributed by atoms with E-state index in [1.54, 1.807) is 18.2 Å². The zero-order chi connectivity index (χ0) is 22.7. The summed E-state index contributed by atoms with van der Waals surface area (Å²) < 4.78 is 2.14. The van der Waals surface area contributed by atoms with E-state index in [2.05, 4.69) is 41.1 Å².